The van der Waals surface area contributed by atoms with Crippen molar-refractivity contribution in [2.45, 2.75) is 75.2 Å². The van der Waals surface area contributed by atoms with Gasteiger partial charge in [-0.15, -0.1) is 6.42 Å². The maximum Gasteiger partial charge on any atom is 0.319 e. The van der Waals surface area contributed by atoms with E-state index in [0.29, 0.717) is 12.8 Å². The number of nitrogens with zero attached hydrogens (tertiary/aromatic N) is 4. The molecule has 3 aliphatic rings. The van der Waals surface area contributed by atoms with Gasteiger partial charge in [-0.05, 0) is 50.9 Å². The molecule has 0 spiro atoms. The number of nitrogens with two attached hydrogens (primary N) is 1. The van der Waals surface area contributed by atoms with Crippen molar-refractivity contribution in [2.24, 2.45) is 11.7 Å². The smallest absolute Gasteiger partial charge is 0.319 e. The summed E-state index contributed by atoms with van der Waals surface area (Å²) < 4.78 is 0. The van der Waals surface area contributed by atoms with Gasteiger partial charge in [-0.1, -0.05) is 5.92 Å². The average molecular weight is 371 g/mol. The number of fused-ring (bicyclic) bond motifs is 2. The minimum absolute atomic E-state index is 0.0115. The second kappa shape index (κ2) is 7.78. The Morgan fingerprint density at radius 2 is 1.70 bits per heavy atom. The second-order valence-corrected chi connectivity index (χ2v) is 8.23. The highest BCUT2D eigenvalue weighted by atomic mass is 16.2. The van der Waals surface area contributed by atoms with E-state index in [1.54, 1.807) is 19.0 Å². The number of rotatable bonds is 2. The van der Waals surface area contributed by atoms with Crippen LogP contribution in [0.4, 0.5) is 4.79 Å². The van der Waals surface area contributed by atoms with Gasteiger partial charge in [0.05, 0.1) is 18.2 Å². The molecule has 0 saturated carbocycles. The van der Waals surface area contributed by atoms with Crippen molar-refractivity contribution in [3.05, 3.63) is 0 Å². The molecular formula is C20H29N5O2. The first-order valence-electron chi connectivity index (χ1n) is 9.82. The summed E-state index contributed by atoms with van der Waals surface area (Å²) in [5.41, 5.74) is 6.41. The van der Waals surface area contributed by atoms with Crippen LogP contribution < -0.4 is 5.73 Å². The van der Waals surface area contributed by atoms with Crippen molar-refractivity contribution in [3.63, 3.8) is 0 Å². The van der Waals surface area contributed by atoms with E-state index >= 15 is 0 Å². The zero-order valence-electron chi connectivity index (χ0n) is 16.2. The number of urea groups is 1. The van der Waals surface area contributed by atoms with Crippen molar-refractivity contribution in [1.82, 2.24) is 14.7 Å². The molecule has 2 bridgehead atoms. The molecule has 3 amide bonds. The zero-order chi connectivity index (χ0) is 19.7. The molecule has 3 fully saturated rings. The van der Waals surface area contributed by atoms with E-state index in [2.05, 4.69) is 12.0 Å². The predicted molar refractivity (Wildman–Crippen MR) is 101 cm³/mol. The maximum atomic E-state index is 13.1. The lowest BCUT2D eigenvalue weighted by Gasteiger charge is -2.50. The molecule has 2 N–H and O–H groups in total. The number of hydrogen-bond donors (Lipinski definition) is 1. The van der Waals surface area contributed by atoms with Crippen LogP contribution in [0, 0.1) is 29.6 Å². The SMILES string of the molecule is C#CC1CCC(C#N)N1C(=O)C(N)C1CC2CCCC(C1)N2C(=O)N(C)C. The molecule has 3 rings (SSSR count). The van der Waals surface area contributed by atoms with Crippen LogP contribution in [-0.4, -0.2) is 70.9 Å². The Bertz CT molecular complexity index is 643. The van der Waals surface area contributed by atoms with Crippen molar-refractivity contribution in [1.29, 1.82) is 5.26 Å². The van der Waals surface area contributed by atoms with Crippen molar-refractivity contribution in [2.75, 3.05) is 14.1 Å². The monoisotopic (exact) mass is 371 g/mol. The second-order valence-electron chi connectivity index (χ2n) is 8.23. The number of amides is 3. The molecule has 0 radical (unpaired) electrons. The van der Waals surface area contributed by atoms with E-state index < -0.39 is 12.1 Å². The number of nitriles is 1. The fraction of sp³-hybridized carbons (Fsp3) is 0.750. The average Bonchev–Trinajstić information content (AvgIpc) is 3.08. The molecule has 146 valence electrons. The summed E-state index contributed by atoms with van der Waals surface area (Å²) in [5.74, 6) is 2.43. The number of hydrogen-bond acceptors (Lipinski definition) is 4. The quantitative estimate of drug-likeness (QED) is 0.737. The molecule has 3 heterocycles. The Morgan fingerprint density at radius 1 is 1.11 bits per heavy atom. The molecule has 7 nitrogen and oxygen atoms in total. The van der Waals surface area contributed by atoms with Crippen LogP contribution in [0.5, 0.6) is 0 Å². The van der Waals surface area contributed by atoms with E-state index in [9.17, 15) is 14.9 Å². The van der Waals surface area contributed by atoms with Crippen LogP contribution >= 0.6 is 0 Å². The standard InChI is InChI=1S/C20H29N5O2/c1-4-14-8-9-17(12-21)24(14)19(26)18(22)13-10-15-6-5-7-16(11-13)25(15)20(27)23(2)3/h1,13-18H,5-11,22H2,2-3H3. The van der Waals surface area contributed by atoms with E-state index in [4.69, 9.17) is 12.2 Å². The van der Waals surface area contributed by atoms with E-state index in [1.165, 1.54) is 4.90 Å². The molecular weight excluding hydrogens is 342 g/mol. The third-order valence-electron chi connectivity index (χ3n) is 6.39. The Kier molecular flexibility index (Phi) is 5.62. The molecule has 27 heavy (non-hydrogen) atoms. The molecule has 0 aromatic carbocycles. The van der Waals surface area contributed by atoms with E-state index in [0.717, 1.165) is 32.1 Å². The molecule has 0 aliphatic carbocycles. The van der Waals surface area contributed by atoms with Crippen LogP contribution in [0.15, 0.2) is 0 Å². The van der Waals surface area contributed by atoms with Gasteiger partial charge >= 0.3 is 6.03 Å². The van der Waals surface area contributed by atoms with Crippen LogP contribution in [-0.2, 0) is 4.79 Å². The van der Waals surface area contributed by atoms with Gasteiger partial charge < -0.3 is 20.4 Å². The largest absolute Gasteiger partial charge is 0.331 e. The summed E-state index contributed by atoms with van der Waals surface area (Å²) in [6, 6.07) is 0.985. The lowest BCUT2D eigenvalue weighted by Crippen LogP contribution is -2.61. The van der Waals surface area contributed by atoms with Gasteiger partial charge in [-0.3, -0.25) is 4.79 Å². The topological polar surface area (TPSA) is 93.7 Å². The molecule has 0 aromatic rings. The number of carbonyl (C=O) groups excluding carboxylic acids is 2. The van der Waals surface area contributed by atoms with E-state index in [-0.39, 0.29) is 36.0 Å². The molecule has 5 unspecified atom stereocenters. The highest BCUT2D eigenvalue weighted by Crippen LogP contribution is 2.39. The van der Waals surface area contributed by atoms with Crippen molar-refractivity contribution < 1.29 is 9.59 Å². The Balaban J connectivity index is 1.74. The summed E-state index contributed by atoms with van der Waals surface area (Å²) in [5, 5.41) is 9.37. The maximum absolute atomic E-state index is 13.1. The summed E-state index contributed by atoms with van der Waals surface area (Å²) in [4.78, 5) is 30.8. The van der Waals surface area contributed by atoms with Gasteiger partial charge in [-0.2, -0.15) is 5.26 Å². The molecule has 0 aromatic heterocycles. The third-order valence-corrected chi connectivity index (χ3v) is 6.39. The van der Waals surface area contributed by atoms with Crippen LogP contribution in [0.25, 0.3) is 0 Å². The minimum atomic E-state index is -0.672. The summed E-state index contributed by atoms with van der Waals surface area (Å²) in [6.45, 7) is 0. The number of terminal acetylenes is 1. The molecule has 3 aliphatic heterocycles. The van der Waals surface area contributed by atoms with Gasteiger partial charge in [0, 0.05) is 26.2 Å². The summed E-state index contributed by atoms with van der Waals surface area (Å²) >= 11 is 0. The first kappa shape index (κ1) is 19.5. The molecule has 3 saturated heterocycles. The number of likely N-dealkylation sites (tertiary alicyclic amines) is 1. The Morgan fingerprint density at radius 3 is 2.22 bits per heavy atom. The van der Waals surface area contributed by atoms with Gasteiger partial charge in [0.25, 0.3) is 0 Å². The minimum Gasteiger partial charge on any atom is -0.331 e. The number of piperidine rings is 2. The zero-order valence-corrected chi connectivity index (χ0v) is 16.2. The fourth-order valence-corrected chi connectivity index (χ4v) is 5.04. The lowest BCUT2D eigenvalue weighted by atomic mass is 9.75. The summed E-state index contributed by atoms with van der Waals surface area (Å²) in [6.07, 6.45) is 11.3. The Hall–Kier alpha value is -2.25. The highest BCUT2D eigenvalue weighted by Gasteiger charge is 2.46. The van der Waals surface area contributed by atoms with Crippen LogP contribution in [0.1, 0.15) is 44.9 Å². The first-order valence-corrected chi connectivity index (χ1v) is 9.82. The van der Waals surface area contributed by atoms with Crippen LogP contribution in [0.2, 0.25) is 0 Å². The van der Waals surface area contributed by atoms with Gasteiger partial charge in [0.15, 0.2) is 0 Å². The fourth-order valence-electron chi connectivity index (χ4n) is 5.04. The number of carbonyl (C=O) groups is 2. The summed E-state index contributed by atoms with van der Waals surface area (Å²) in [7, 11) is 3.55. The van der Waals surface area contributed by atoms with Crippen LogP contribution in [0.3, 0.4) is 0 Å². The van der Waals surface area contributed by atoms with E-state index in [1.807, 2.05) is 4.90 Å². The van der Waals surface area contributed by atoms with Crippen molar-refractivity contribution in [3.8, 4) is 18.4 Å². The first-order chi connectivity index (χ1) is 12.9. The Labute approximate surface area is 161 Å². The highest BCUT2D eigenvalue weighted by molar-refractivity contribution is 5.84. The molecule has 7 heteroatoms. The lowest BCUT2D eigenvalue weighted by molar-refractivity contribution is -0.136. The third kappa shape index (κ3) is 3.49. The van der Waals surface area contributed by atoms with Gasteiger partial charge in [0.1, 0.15) is 6.04 Å². The van der Waals surface area contributed by atoms with Gasteiger partial charge in [-0.25, -0.2) is 4.79 Å². The van der Waals surface area contributed by atoms with Gasteiger partial charge in [0.2, 0.25) is 5.91 Å². The molecule has 5 atom stereocenters. The normalized spacial score (nSPS) is 33.7. The van der Waals surface area contributed by atoms with Crippen molar-refractivity contribution >= 4 is 11.9 Å². The predicted octanol–water partition coefficient (Wildman–Crippen LogP) is 1.14.